The molecule has 1 fully saturated rings. The summed E-state index contributed by atoms with van der Waals surface area (Å²) in [6.07, 6.45) is 4.60. The number of methoxy groups -OCH3 is 1. The molecule has 22 heavy (non-hydrogen) atoms. The first kappa shape index (κ1) is 14.7. The van der Waals surface area contributed by atoms with Crippen LogP contribution in [0, 0.1) is 0 Å². The van der Waals surface area contributed by atoms with Gasteiger partial charge in [0.2, 0.25) is 5.88 Å². The Labute approximate surface area is 130 Å². The summed E-state index contributed by atoms with van der Waals surface area (Å²) < 4.78 is 5.33. The lowest BCUT2D eigenvalue weighted by molar-refractivity contribution is -0.121. The Kier molecular flexibility index (Phi) is 4.44. The molecule has 5 nitrogen and oxygen atoms in total. The first-order chi connectivity index (χ1) is 10.8. The van der Waals surface area contributed by atoms with Crippen LogP contribution in [0.5, 0.6) is 5.88 Å². The van der Waals surface area contributed by atoms with E-state index in [0.717, 1.165) is 30.9 Å². The summed E-state index contributed by atoms with van der Waals surface area (Å²) in [4.78, 5) is 22.3. The highest BCUT2D eigenvalue weighted by atomic mass is 16.5. The second kappa shape index (κ2) is 6.66. The number of benzene rings is 1. The molecule has 1 aliphatic heterocycles. The molecule has 0 bridgehead atoms. The van der Waals surface area contributed by atoms with E-state index in [4.69, 9.17) is 4.74 Å². The highest BCUT2D eigenvalue weighted by Crippen LogP contribution is 2.29. The molecular formula is C17H19N3O2. The van der Waals surface area contributed by atoms with Gasteiger partial charge in [-0.1, -0.05) is 24.3 Å². The van der Waals surface area contributed by atoms with Crippen molar-refractivity contribution < 1.29 is 9.53 Å². The zero-order valence-corrected chi connectivity index (χ0v) is 12.7. The lowest BCUT2D eigenvalue weighted by Crippen LogP contribution is -2.33. The van der Waals surface area contributed by atoms with E-state index in [1.165, 1.54) is 5.56 Å². The van der Waals surface area contributed by atoms with Crippen molar-refractivity contribution in [1.82, 2.24) is 14.9 Å². The molecule has 5 heteroatoms. The van der Waals surface area contributed by atoms with Crippen molar-refractivity contribution >= 4 is 5.78 Å². The molecule has 3 rings (SSSR count). The maximum atomic E-state index is 11.4. The van der Waals surface area contributed by atoms with E-state index in [0.29, 0.717) is 24.5 Å². The van der Waals surface area contributed by atoms with Gasteiger partial charge < -0.3 is 4.74 Å². The zero-order chi connectivity index (χ0) is 15.4. The lowest BCUT2D eigenvalue weighted by Gasteiger charge is -2.26. The van der Waals surface area contributed by atoms with Crippen LogP contribution in [0.25, 0.3) is 11.3 Å². The smallest absolute Gasteiger partial charge is 0.240 e. The average Bonchev–Trinajstić information content (AvgIpc) is 2.57. The number of carbonyl (C=O) groups is 1. The number of rotatable bonds is 4. The van der Waals surface area contributed by atoms with Crippen LogP contribution >= 0.6 is 0 Å². The zero-order valence-electron chi connectivity index (χ0n) is 12.7. The second-order valence-corrected chi connectivity index (χ2v) is 5.39. The fraction of sp³-hybridized carbons (Fsp3) is 0.353. The Morgan fingerprint density at radius 2 is 1.86 bits per heavy atom. The summed E-state index contributed by atoms with van der Waals surface area (Å²) in [5.41, 5.74) is 2.97. The Hall–Kier alpha value is -2.27. The molecule has 0 radical (unpaired) electrons. The van der Waals surface area contributed by atoms with Gasteiger partial charge in [-0.2, -0.15) is 0 Å². The molecule has 0 unspecified atom stereocenters. The van der Waals surface area contributed by atoms with Gasteiger partial charge in [0, 0.05) is 50.4 Å². The van der Waals surface area contributed by atoms with Crippen molar-refractivity contribution in [3.63, 3.8) is 0 Å². The number of likely N-dealkylation sites (tertiary alicyclic amines) is 1. The molecule has 0 saturated carbocycles. The third-order valence-corrected chi connectivity index (χ3v) is 3.94. The topological polar surface area (TPSA) is 55.3 Å². The van der Waals surface area contributed by atoms with E-state index in [9.17, 15) is 4.79 Å². The Morgan fingerprint density at radius 1 is 1.14 bits per heavy atom. The number of hydrogen-bond acceptors (Lipinski definition) is 5. The van der Waals surface area contributed by atoms with Gasteiger partial charge in [-0.3, -0.25) is 9.69 Å². The summed E-state index contributed by atoms with van der Waals surface area (Å²) in [6.45, 7) is 2.46. The monoisotopic (exact) mass is 297 g/mol. The van der Waals surface area contributed by atoms with Gasteiger partial charge in [-0.05, 0) is 5.56 Å². The van der Waals surface area contributed by atoms with Crippen LogP contribution in [0.2, 0.25) is 0 Å². The number of ether oxygens (including phenoxy) is 1. The number of Topliss-reactive ketones (excluding diaryl/α,β-unsaturated/α-hetero) is 1. The van der Waals surface area contributed by atoms with E-state index in [1.54, 1.807) is 19.5 Å². The van der Waals surface area contributed by atoms with Crippen LogP contribution in [-0.2, 0) is 11.3 Å². The van der Waals surface area contributed by atoms with Crippen molar-refractivity contribution in [3.05, 3.63) is 42.2 Å². The predicted octanol–water partition coefficient (Wildman–Crippen LogP) is 2.32. The van der Waals surface area contributed by atoms with Crippen LogP contribution in [0.1, 0.15) is 18.4 Å². The van der Waals surface area contributed by atoms with Gasteiger partial charge in [0.05, 0.1) is 7.11 Å². The lowest BCUT2D eigenvalue weighted by atomic mass is 10.0. The number of nitrogens with zero attached hydrogens (tertiary/aromatic N) is 3. The van der Waals surface area contributed by atoms with Gasteiger partial charge in [0.25, 0.3) is 0 Å². The van der Waals surface area contributed by atoms with Gasteiger partial charge in [-0.25, -0.2) is 9.97 Å². The standard InChI is InChI=1S/C17H19N3O2/c1-22-17-16(18-8-9-19-17)15-5-3-2-4-13(15)12-20-10-6-14(21)7-11-20/h2-5,8-9H,6-7,10-12H2,1H3. The van der Waals surface area contributed by atoms with Crippen LogP contribution in [-0.4, -0.2) is 40.9 Å². The Morgan fingerprint density at radius 3 is 2.64 bits per heavy atom. The number of carbonyl (C=O) groups excluding carboxylic acids is 1. The fourth-order valence-electron chi connectivity index (χ4n) is 2.75. The minimum atomic E-state index is 0.361. The van der Waals surface area contributed by atoms with Crippen molar-refractivity contribution in [1.29, 1.82) is 0 Å². The molecule has 0 atom stereocenters. The molecule has 0 amide bonds. The summed E-state index contributed by atoms with van der Waals surface area (Å²) >= 11 is 0. The molecule has 1 aromatic carbocycles. The van der Waals surface area contributed by atoms with Crippen molar-refractivity contribution in [2.75, 3.05) is 20.2 Å². The molecular weight excluding hydrogens is 278 g/mol. The van der Waals surface area contributed by atoms with Crippen LogP contribution in [0.3, 0.4) is 0 Å². The van der Waals surface area contributed by atoms with Gasteiger partial charge in [0.15, 0.2) is 0 Å². The van der Waals surface area contributed by atoms with Gasteiger partial charge in [-0.15, -0.1) is 0 Å². The third kappa shape index (κ3) is 3.14. The van der Waals surface area contributed by atoms with Crippen LogP contribution in [0.15, 0.2) is 36.7 Å². The maximum Gasteiger partial charge on any atom is 0.240 e. The van der Waals surface area contributed by atoms with E-state index in [-0.39, 0.29) is 0 Å². The summed E-state index contributed by atoms with van der Waals surface area (Å²) in [5.74, 6) is 0.893. The van der Waals surface area contributed by atoms with E-state index in [1.807, 2.05) is 18.2 Å². The molecule has 0 N–H and O–H groups in total. The molecule has 1 saturated heterocycles. The SMILES string of the molecule is COc1nccnc1-c1ccccc1CN1CCC(=O)CC1. The minimum Gasteiger partial charge on any atom is -0.479 e. The normalized spacial score (nSPS) is 15.8. The maximum absolute atomic E-state index is 11.4. The fourth-order valence-corrected chi connectivity index (χ4v) is 2.75. The Bertz CT molecular complexity index is 662. The molecule has 2 aromatic rings. The largest absolute Gasteiger partial charge is 0.479 e. The molecule has 0 aliphatic carbocycles. The van der Waals surface area contributed by atoms with Crippen molar-refractivity contribution in [3.8, 4) is 17.1 Å². The molecule has 0 spiro atoms. The van der Waals surface area contributed by atoms with Crippen molar-refractivity contribution in [2.24, 2.45) is 0 Å². The number of hydrogen-bond donors (Lipinski definition) is 0. The minimum absolute atomic E-state index is 0.361. The molecule has 114 valence electrons. The predicted molar refractivity (Wildman–Crippen MR) is 83.5 cm³/mol. The molecule has 1 aromatic heterocycles. The van der Waals surface area contributed by atoms with Crippen LogP contribution < -0.4 is 4.74 Å². The molecule has 1 aliphatic rings. The quantitative estimate of drug-likeness (QED) is 0.867. The average molecular weight is 297 g/mol. The Balaban J connectivity index is 1.88. The summed E-state index contributed by atoms with van der Waals surface area (Å²) in [5, 5.41) is 0. The van der Waals surface area contributed by atoms with E-state index in [2.05, 4.69) is 20.9 Å². The summed E-state index contributed by atoms with van der Waals surface area (Å²) in [7, 11) is 1.60. The van der Waals surface area contributed by atoms with E-state index >= 15 is 0 Å². The number of piperidine rings is 1. The van der Waals surface area contributed by atoms with Crippen LogP contribution in [0.4, 0.5) is 0 Å². The van der Waals surface area contributed by atoms with Gasteiger partial charge >= 0.3 is 0 Å². The number of ketones is 1. The second-order valence-electron chi connectivity index (χ2n) is 5.39. The first-order valence-electron chi connectivity index (χ1n) is 7.45. The van der Waals surface area contributed by atoms with Crippen molar-refractivity contribution in [2.45, 2.75) is 19.4 Å². The highest BCUT2D eigenvalue weighted by Gasteiger charge is 2.19. The summed E-state index contributed by atoms with van der Waals surface area (Å²) in [6, 6.07) is 8.15. The van der Waals surface area contributed by atoms with E-state index < -0.39 is 0 Å². The molecule has 2 heterocycles. The highest BCUT2D eigenvalue weighted by molar-refractivity contribution is 5.79. The first-order valence-corrected chi connectivity index (χ1v) is 7.45. The third-order valence-electron chi connectivity index (χ3n) is 3.94. The number of aromatic nitrogens is 2. The van der Waals surface area contributed by atoms with Gasteiger partial charge in [0.1, 0.15) is 11.5 Å².